The van der Waals surface area contributed by atoms with Gasteiger partial charge in [-0.2, -0.15) is 4.31 Å². The number of rotatable bonds is 9. The summed E-state index contributed by atoms with van der Waals surface area (Å²) in [5.41, 5.74) is 4.21. The quantitative estimate of drug-likeness (QED) is 0.437. The Hall–Kier alpha value is -3.04. The lowest BCUT2D eigenvalue weighted by atomic mass is 10.0. The van der Waals surface area contributed by atoms with E-state index < -0.39 is 10.0 Å². The lowest BCUT2D eigenvalue weighted by Crippen LogP contribution is -2.48. The summed E-state index contributed by atoms with van der Waals surface area (Å²) in [4.78, 5) is 18.0. The predicted octanol–water partition coefficient (Wildman–Crippen LogP) is 4.11. The van der Waals surface area contributed by atoms with Crippen molar-refractivity contribution in [3.05, 3.63) is 101 Å². The van der Waals surface area contributed by atoms with E-state index in [4.69, 9.17) is 0 Å². The Morgan fingerprint density at radius 1 is 0.667 bits per heavy atom. The number of piperidine rings is 1. The zero-order valence-electron chi connectivity index (χ0n) is 22.5. The first kappa shape index (κ1) is 27.5. The van der Waals surface area contributed by atoms with Gasteiger partial charge in [-0.3, -0.25) is 14.6 Å². The van der Waals surface area contributed by atoms with Crippen LogP contribution < -0.4 is 5.32 Å². The van der Waals surface area contributed by atoms with Crippen molar-refractivity contribution in [2.45, 2.75) is 43.8 Å². The second-order valence-corrected chi connectivity index (χ2v) is 12.4. The summed E-state index contributed by atoms with van der Waals surface area (Å²) in [7, 11) is -3.45. The second kappa shape index (κ2) is 12.9. The van der Waals surface area contributed by atoms with E-state index in [1.54, 1.807) is 28.6 Å². The van der Waals surface area contributed by atoms with E-state index in [0.29, 0.717) is 43.2 Å². The summed E-state index contributed by atoms with van der Waals surface area (Å²) in [6.45, 7) is 6.76. The molecule has 2 fully saturated rings. The Morgan fingerprint density at radius 3 is 1.97 bits per heavy atom. The molecule has 2 heterocycles. The van der Waals surface area contributed by atoms with Gasteiger partial charge in [-0.05, 0) is 66.9 Å². The van der Waals surface area contributed by atoms with Crippen molar-refractivity contribution in [3.8, 4) is 0 Å². The van der Waals surface area contributed by atoms with Crippen LogP contribution in [0.25, 0.3) is 0 Å². The van der Waals surface area contributed by atoms with E-state index in [2.05, 4.69) is 33.3 Å². The number of carbonyl (C=O) groups excluding carboxylic acids is 1. The molecule has 2 aliphatic rings. The summed E-state index contributed by atoms with van der Waals surface area (Å²) in [6, 6.07) is 24.7. The van der Waals surface area contributed by atoms with Crippen molar-refractivity contribution in [1.29, 1.82) is 0 Å². The Labute approximate surface area is 232 Å². The first-order valence-electron chi connectivity index (χ1n) is 13.9. The lowest BCUT2D eigenvalue weighted by Gasteiger charge is -2.34. The van der Waals surface area contributed by atoms with Gasteiger partial charge >= 0.3 is 0 Å². The Kier molecular flexibility index (Phi) is 9.09. The number of amides is 1. The van der Waals surface area contributed by atoms with Crippen LogP contribution in [0, 0.1) is 0 Å². The molecule has 0 atom stereocenters. The molecule has 2 saturated heterocycles. The van der Waals surface area contributed by atoms with Gasteiger partial charge in [0.15, 0.2) is 0 Å². The molecule has 0 unspecified atom stereocenters. The molecule has 5 rings (SSSR count). The molecule has 2 aliphatic heterocycles. The number of hydrogen-bond donors (Lipinski definition) is 1. The molecule has 0 bridgehead atoms. The molecule has 1 amide bonds. The van der Waals surface area contributed by atoms with Crippen LogP contribution >= 0.6 is 0 Å². The van der Waals surface area contributed by atoms with Crippen molar-refractivity contribution in [2.75, 3.05) is 39.3 Å². The summed E-state index contributed by atoms with van der Waals surface area (Å²) >= 11 is 0. The van der Waals surface area contributed by atoms with Crippen molar-refractivity contribution >= 4 is 15.9 Å². The summed E-state index contributed by atoms with van der Waals surface area (Å²) < 4.78 is 27.3. The molecule has 0 aliphatic carbocycles. The normalized spacial score (nSPS) is 17.6. The molecular weight excluding hydrogens is 508 g/mol. The van der Waals surface area contributed by atoms with Crippen LogP contribution in [0.15, 0.2) is 83.8 Å². The molecule has 1 N–H and O–H groups in total. The molecule has 0 saturated carbocycles. The molecule has 39 heavy (non-hydrogen) atoms. The smallest absolute Gasteiger partial charge is 0.251 e. The Bertz CT molecular complexity index is 1330. The Morgan fingerprint density at radius 2 is 1.28 bits per heavy atom. The minimum absolute atomic E-state index is 0.0749. The van der Waals surface area contributed by atoms with Gasteiger partial charge < -0.3 is 5.32 Å². The summed E-state index contributed by atoms with van der Waals surface area (Å²) in [5.74, 6) is -0.0749. The van der Waals surface area contributed by atoms with Crippen LogP contribution in [0.2, 0.25) is 0 Å². The third kappa shape index (κ3) is 7.13. The molecule has 8 heteroatoms. The van der Waals surface area contributed by atoms with E-state index in [9.17, 15) is 13.2 Å². The van der Waals surface area contributed by atoms with Crippen molar-refractivity contribution in [3.63, 3.8) is 0 Å². The van der Waals surface area contributed by atoms with Gasteiger partial charge in [0, 0.05) is 51.4 Å². The van der Waals surface area contributed by atoms with Crippen molar-refractivity contribution in [1.82, 2.24) is 19.4 Å². The van der Waals surface area contributed by atoms with Gasteiger partial charge in [-0.25, -0.2) is 8.42 Å². The average molecular weight is 547 g/mol. The fourth-order valence-electron chi connectivity index (χ4n) is 5.41. The molecule has 3 aromatic rings. The minimum Gasteiger partial charge on any atom is -0.348 e. The second-order valence-electron chi connectivity index (χ2n) is 10.5. The highest BCUT2D eigenvalue weighted by Crippen LogP contribution is 2.19. The van der Waals surface area contributed by atoms with E-state index in [1.165, 1.54) is 30.4 Å². The first-order valence-corrected chi connectivity index (χ1v) is 15.4. The molecular formula is C31H38N4O3S. The molecule has 206 valence electrons. The maximum Gasteiger partial charge on any atom is 0.251 e. The topological polar surface area (TPSA) is 73.0 Å². The number of nitrogens with zero attached hydrogens (tertiary/aromatic N) is 3. The maximum absolute atomic E-state index is 12.9. The number of hydrogen-bond acceptors (Lipinski definition) is 5. The van der Waals surface area contributed by atoms with Gasteiger partial charge in [-0.15, -0.1) is 0 Å². The standard InChI is InChI=1S/C31H38N4O3S/c36-31(32-23-28-9-5-6-10-29(28)25-33-17-7-2-8-18-33)27-15-13-26(14-16-27)24-34-19-21-35(22-20-34)39(37,38)30-11-3-1-4-12-30/h1,3-6,9-16H,2,7-8,17-25H2,(H,32,36). The third-order valence-corrected chi connectivity index (χ3v) is 9.65. The van der Waals surface area contributed by atoms with Crippen molar-refractivity contribution < 1.29 is 13.2 Å². The van der Waals surface area contributed by atoms with Gasteiger partial charge in [0.1, 0.15) is 0 Å². The number of sulfonamides is 1. The minimum atomic E-state index is -3.45. The van der Waals surface area contributed by atoms with E-state index in [-0.39, 0.29) is 5.91 Å². The van der Waals surface area contributed by atoms with Crippen LogP contribution in [0.4, 0.5) is 0 Å². The highest BCUT2D eigenvalue weighted by Gasteiger charge is 2.28. The van der Waals surface area contributed by atoms with E-state index >= 15 is 0 Å². The number of piperazine rings is 1. The Balaban J connectivity index is 1.11. The summed E-state index contributed by atoms with van der Waals surface area (Å²) in [6.07, 6.45) is 3.85. The van der Waals surface area contributed by atoms with E-state index in [1.807, 2.05) is 36.4 Å². The van der Waals surface area contributed by atoms with Crippen molar-refractivity contribution in [2.24, 2.45) is 0 Å². The fraction of sp³-hybridized carbons (Fsp3) is 0.387. The number of benzene rings is 3. The third-order valence-electron chi connectivity index (χ3n) is 7.73. The molecule has 3 aromatic carbocycles. The fourth-order valence-corrected chi connectivity index (χ4v) is 6.85. The summed E-state index contributed by atoms with van der Waals surface area (Å²) in [5, 5.41) is 3.10. The van der Waals surface area contributed by atoms with Gasteiger partial charge in [0.05, 0.1) is 4.90 Å². The number of carbonyl (C=O) groups is 1. The molecule has 0 radical (unpaired) electrons. The highest BCUT2D eigenvalue weighted by molar-refractivity contribution is 7.89. The molecule has 7 nitrogen and oxygen atoms in total. The SMILES string of the molecule is O=C(NCc1ccccc1CN1CCCCC1)c1ccc(CN2CCN(S(=O)(=O)c3ccccc3)CC2)cc1. The van der Waals surface area contributed by atoms with E-state index in [0.717, 1.165) is 31.7 Å². The van der Waals surface area contributed by atoms with Crippen LogP contribution in [0.1, 0.15) is 46.3 Å². The zero-order chi connectivity index (χ0) is 27.1. The van der Waals surface area contributed by atoms with Crippen LogP contribution in [-0.2, 0) is 29.7 Å². The van der Waals surface area contributed by atoms with Gasteiger partial charge in [-0.1, -0.05) is 61.0 Å². The van der Waals surface area contributed by atoms with Gasteiger partial charge in [0.25, 0.3) is 5.91 Å². The molecule has 0 spiro atoms. The largest absolute Gasteiger partial charge is 0.348 e. The molecule has 0 aromatic heterocycles. The zero-order valence-corrected chi connectivity index (χ0v) is 23.3. The average Bonchev–Trinajstić information content (AvgIpc) is 2.98. The predicted molar refractivity (Wildman–Crippen MR) is 154 cm³/mol. The lowest BCUT2D eigenvalue weighted by molar-refractivity contribution is 0.0950. The number of likely N-dealkylation sites (tertiary alicyclic amines) is 1. The number of nitrogens with one attached hydrogen (secondary N) is 1. The first-order chi connectivity index (χ1) is 19.0. The monoisotopic (exact) mass is 546 g/mol. The van der Waals surface area contributed by atoms with Crippen LogP contribution in [0.3, 0.4) is 0 Å². The van der Waals surface area contributed by atoms with Crippen LogP contribution in [-0.4, -0.2) is 67.7 Å². The highest BCUT2D eigenvalue weighted by atomic mass is 32.2. The van der Waals surface area contributed by atoms with Crippen LogP contribution in [0.5, 0.6) is 0 Å². The maximum atomic E-state index is 12.9. The van der Waals surface area contributed by atoms with Gasteiger partial charge in [0.2, 0.25) is 10.0 Å².